The zero-order valence-corrected chi connectivity index (χ0v) is 11.7. The maximum absolute atomic E-state index is 12.4. The summed E-state index contributed by atoms with van der Waals surface area (Å²) in [7, 11) is -3.57. The molecule has 0 N–H and O–H groups in total. The third-order valence-electron chi connectivity index (χ3n) is 2.69. The molecule has 102 valence electrons. The highest BCUT2D eigenvalue weighted by atomic mass is 32.2. The summed E-state index contributed by atoms with van der Waals surface area (Å²) >= 11 is 0. The smallest absolute Gasteiger partial charge is 0.269 e. The van der Waals surface area contributed by atoms with Crippen LogP contribution in [0.1, 0.15) is 19.7 Å². The van der Waals surface area contributed by atoms with Crippen molar-refractivity contribution in [2.45, 2.75) is 25.2 Å². The van der Waals surface area contributed by atoms with E-state index < -0.39 is 10.0 Å². The van der Waals surface area contributed by atoms with E-state index in [-0.39, 0.29) is 4.90 Å². The lowest BCUT2D eigenvalue weighted by molar-refractivity contribution is 0.340. The van der Waals surface area contributed by atoms with E-state index in [1.807, 2.05) is 13.8 Å². The molecule has 2 rings (SSSR count). The van der Waals surface area contributed by atoms with Gasteiger partial charge >= 0.3 is 0 Å². The van der Waals surface area contributed by atoms with Crippen molar-refractivity contribution in [1.82, 2.24) is 8.96 Å². The van der Waals surface area contributed by atoms with E-state index in [4.69, 9.17) is 4.74 Å². The SMILES string of the molecule is CCOc1ccc(S(=O)(=O)n2ccnc2CC)cc1. The molecule has 1 aromatic heterocycles. The summed E-state index contributed by atoms with van der Waals surface area (Å²) in [6.07, 6.45) is 3.51. The lowest BCUT2D eigenvalue weighted by Crippen LogP contribution is -2.15. The summed E-state index contributed by atoms with van der Waals surface area (Å²) in [6.45, 7) is 4.30. The molecule has 0 aliphatic carbocycles. The number of imidazole rings is 1. The average molecular weight is 280 g/mol. The highest BCUT2D eigenvalue weighted by Crippen LogP contribution is 2.19. The predicted octanol–water partition coefficient (Wildman–Crippen LogP) is 2.08. The molecule has 0 amide bonds. The minimum absolute atomic E-state index is 0.226. The van der Waals surface area contributed by atoms with Gasteiger partial charge in [0.1, 0.15) is 11.6 Å². The van der Waals surface area contributed by atoms with E-state index in [2.05, 4.69) is 4.98 Å². The van der Waals surface area contributed by atoms with Crippen LogP contribution in [0.4, 0.5) is 0 Å². The summed E-state index contributed by atoms with van der Waals surface area (Å²) in [5.41, 5.74) is 0. The van der Waals surface area contributed by atoms with Crippen molar-refractivity contribution in [3.8, 4) is 5.75 Å². The molecule has 1 aromatic carbocycles. The molecule has 5 nitrogen and oxygen atoms in total. The molecule has 2 aromatic rings. The van der Waals surface area contributed by atoms with Crippen molar-refractivity contribution in [2.24, 2.45) is 0 Å². The monoisotopic (exact) mass is 280 g/mol. The van der Waals surface area contributed by atoms with Crippen molar-refractivity contribution in [2.75, 3.05) is 6.61 Å². The quantitative estimate of drug-likeness (QED) is 0.841. The Bertz CT molecular complexity index is 645. The van der Waals surface area contributed by atoms with Gasteiger partial charge in [-0.15, -0.1) is 0 Å². The van der Waals surface area contributed by atoms with Crippen LogP contribution < -0.4 is 4.74 Å². The van der Waals surface area contributed by atoms with Gasteiger partial charge in [0.15, 0.2) is 0 Å². The molecule has 0 atom stereocenters. The van der Waals surface area contributed by atoms with Crippen molar-refractivity contribution >= 4 is 10.0 Å². The van der Waals surface area contributed by atoms with E-state index in [0.29, 0.717) is 24.6 Å². The summed E-state index contributed by atoms with van der Waals surface area (Å²) in [5.74, 6) is 1.18. The van der Waals surface area contributed by atoms with E-state index >= 15 is 0 Å². The number of aryl methyl sites for hydroxylation is 1. The van der Waals surface area contributed by atoms with E-state index in [9.17, 15) is 8.42 Å². The van der Waals surface area contributed by atoms with E-state index in [0.717, 1.165) is 0 Å². The van der Waals surface area contributed by atoms with Crippen molar-refractivity contribution in [3.05, 3.63) is 42.5 Å². The van der Waals surface area contributed by atoms with Gasteiger partial charge in [0.05, 0.1) is 11.5 Å². The first-order valence-electron chi connectivity index (χ1n) is 6.10. The Morgan fingerprint density at radius 3 is 2.47 bits per heavy atom. The van der Waals surface area contributed by atoms with Crippen molar-refractivity contribution in [1.29, 1.82) is 0 Å². The van der Waals surface area contributed by atoms with Gasteiger partial charge < -0.3 is 4.74 Å². The number of aromatic nitrogens is 2. The fourth-order valence-corrected chi connectivity index (χ4v) is 3.15. The third kappa shape index (κ3) is 2.63. The van der Waals surface area contributed by atoms with Gasteiger partial charge in [-0.3, -0.25) is 0 Å². The number of hydrogen-bond acceptors (Lipinski definition) is 4. The normalized spacial score (nSPS) is 11.5. The Labute approximate surface area is 112 Å². The number of benzene rings is 1. The molecule has 6 heteroatoms. The molecule has 0 radical (unpaired) electrons. The van der Waals surface area contributed by atoms with Gasteiger partial charge in [0, 0.05) is 18.8 Å². The Hall–Kier alpha value is -1.82. The third-order valence-corrected chi connectivity index (χ3v) is 4.41. The number of rotatable bonds is 5. The molecule has 0 saturated heterocycles. The van der Waals surface area contributed by atoms with Gasteiger partial charge in [-0.25, -0.2) is 17.4 Å². The van der Waals surface area contributed by atoms with Crippen LogP contribution >= 0.6 is 0 Å². The predicted molar refractivity (Wildman–Crippen MR) is 71.8 cm³/mol. The Morgan fingerprint density at radius 1 is 1.21 bits per heavy atom. The minimum atomic E-state index is -3.57. The van der Waals surface area contributed by atoms with Crippen LogP contribution in [0.5, 0.6) is 5.75 Å². The topological polar surface area (TPSA) is 61.2 Å². The van der Waals surface area contributed by atoms with Gasteiger partial charge in [-0.05, 0) is 31.2 Å². The first-order valence-corrected chi connectivity index (χ1v) is 7.54. The zero-order valence-electron chi connectivity index (χ0n) is 10.9. The number of hydrogen-bond donors (Lipinski definition) is 0. The Morgan fingerprint density at radius 2 is 1.89 bits per heavy atom. The van der Waals surface area contributed by atoms with Crippen LogP contribution in [0.25, 0.3) is 0 Å². The summed E-state index contributed by atoms with van der Waals surface area (Å²) < 4.78 is 31.4. The molecule has 0 saturated carbocycles. The summed E-state index contributed by atoms with van der Waals surface area (Å²) in [5, 5.41) is 0. The van der Waals surface area contributed by atoms with Crippen LogP contribution in [0.2, 0.25) is 0 Å². The van der Waals surface area contributed by atoms with Gasteiger partial charge in [0.25, 0.3) is 10.0 Å². The van der Waals surface area contributed by atoms with Crippen LogP contribution in [-0.4, -0.2) is 24.0 Å². The van der Waals surface area contributed by atoms with Crippen LogP contribution in [0.15, 0.2) is 41.6 Å². The average Bonchev–Trinajstić information content (AvgIpc) is 2.89. The standard InChI is InChI=1S/C13H16N2O3S/c1-3-13-14-9-10-15(13)19(16,17)12-7-5-11(6-8-12)18-4-2/h5-10H,3-4H2,1-2H3. The molecular weight excluding hydrogens is 264 g/mol. The highest BCUT2D eigenvalue weighted by molar-refractivity contribution is 7.90. The Kier molecular flexibility index (Phi) is 3.90. The second-order valence-corrected chi connectivity index (χ2v) is 5.72. The summed E-state index contributed by atoms with van der Waals surface area (Å²) in [4.78, 5) is 4.26. The van der Waals surface area contributed by atoms with E-state index in [1.165, 1.54) is 16.4 Å². The molecule has 0 fully saturated rings. The molecule has 0 aliphatic heterocycles. The first kappa shape index (κ1) is 13.6. The van der Waals surface area contributed by atoms with Gasteiger partial charge in [0.2, 0.25) is 0 Å². The van der Waals surface area contributed by atoms with Gasteiger partial charge in [-0.2, -0.15) is 0 Å². The maximum atomic E-state index is 12.4. The maximum Gasteiger partial charge on any atom is 0.269 e. The fourth-order valence-electron chi connectivity index (χ4n) is 1.78. The molecular formula is C13H16N2O3S. The molecule has 0 spiro atoms. The minimum Gasteiger partial charge on any atom is -0.494 e. The first-order chi connectivity index (χ1) is 9.09. The van der Waals surface area contributed by atoms with Crippen molar-refractivity contribution in [3.63, 3.8) is 0 Å². The molecule has 0 unspecified atom stereocenters. The number of nitrogens with zero attached hydrogens (tertiary/aromatic N) is 2. The number of ether oxygens (including phenoxy) is 1. The van der Waals surface area contributed by atoms with E-state index in [1.54, 1.807) is 24.3 Å². The van der Waals surface area contributed by atoms with Crippen LogP contribution in [0.3, 0.4) is 0 Å². The lowest BCUT2D eigenvalue weighted by Gasteiger charge is -2.09. The van der Waals surface area contributed by atoms with Crippen molar-refractivity contribution < 1.29 is 13.2 Å². The highest BCUT2D eigenvalue weighted by Gasteiger charge is 2.19. The summed E-state index contributed by atoms with van der Waals surface area (Å²) in [6, 6.07) is 6.39. The molecule has 19 heavy (non-hydrogen) atoms. The Balaban J connectivity index is 2.39. The van der Waals surface area contributed by atoms with Crippen LogP contribution in [0, 0.1) is 0 Å². The fraction of sp³-hybridized carbons (Fsp3) is 0.308. The zero-order chi connectivity index (χ0) is 13.9. The lowest BCUT2D eigenvalue weighted by atomic mass is 10.3. The second-order valence-electron chi connectivity index (χ2n) is 3.90. The molecule has 1 heterocycles. The molecule has 0 aliphatic rings. The molecule has 0 bridgehead atoms. The van der Waals surface area contributed by atoms with Gasteiger partial charge in [-0.1, -0.05) is 6.92 Å². The second kappa shape index (κ2) is 5.44. The largest absolute Gasteiger partial charge is 0.494 e. The van der Waals surface area contributed by atoms with Crippen LogP contribution in [-0.2, 0) is 16.4 Å².